The van der Waals surface area contributed by atoms with Crippen molar-refractivity contribution in [2.24, 2.45) is 0 Å². The van der Waals surface area contributed by atoms with Crippen molar-refractivity contribution >= 4 is 27.5 Å². The van der Waals surface area contributed by atoms with Gasteiger partial charge in [0, 0.05) is 11.6 Å². The second kappa shape index (κ2) is 8.24. The van der Waals surface area contributed by atoms with Crippen LogP contribution in [0.5, 0.6) is 0 Å². The summed E-state index contributed by atoms with van der Waals surface area (Å²) in [6.07, 6.45) is 1.75. The Morgan fingerprint density at radius 1 is 1.50 bits per heavy atom. The van der Waals surface area contributed by atoms with Gasteiger partial charge in [0.15, 0.2) is 0 Å². The van der Waals surface area contributed by atoms with Crippen molar-refractivity contribution in [1.82, 2.24) is 4.72 Å². The van der Waals surface area contributed by atoms with Gasteiger partial charge in [-0.3, -0.25) is 4.79 Å². The van der Waals surface area contributed by atoms with Gasteiger partial charge in [-0.25, -0.2) is 17.5 Å². The lowest BCUT2D eigenvalue weighted by atomic mass is 10.1. The predicted molar refractivity (Wildman–Crippen MR) is 85.7 cm³/mol. The van der Waals surface area contributed by atoms with Crippen LogP contribution in [-0.2, 0) is 24.3 Å². The van der Waals surface area contributed by atoms with E-state index in [1.54, 1.807) is 4.72 Å². The first kappa shape index (κ1) is 19.1. The van der Waals surface area contributed by atoms with Crippen molar-refractivity contribution in [3.05, 3.63) is 29.0 Å². The first-order valence-electron chi connectivity index (χ1n) is 7.54. The van der Waals surface area contributed by atoms with Gasteiger partial charge in [0.2, 0.25) is 0 Å². The topological polar surface area (TPSA) is 81.7 Å². The molecule has 0 unspecified atom stereocenters. The van der Waals surface area contributed by atoms with E-state index in [4.69, 9.17) is 21.1 Å². The lowest BCUT2D eigenvalue weighted by molar-refractivity contribution is -0.133. The quantitative estimate of drug-likeness (QED) is 0.819. The van der Waals surface area contributed by atoms with Crippen LogP contribution >= 0.6 is 11.6 Å². The van der Waals surface area contributed by atoms with E-state index in [0.29, 0.717) is 6.61 Å². The van der Waals surface area contributed by atoms with Crippen LogP contribution in [0.4, 0.5) is 4.39 Å². The molecule has 1 saturated heterocycles. The summed E-state index contributed by atoms with van der Waals surface area (Å²) in [5, 5.41) is 0.0574. The fraction of sp³-hybridized carbons (Fsp3) is 0.533. The van der Waals surface area contributed by atoms with Crippen molar-refractivity contribution in [2.45, 2.75) is 43.3 Å². The molecule has 0 radical (unpaired) electrons. The first-order chi connectivity index (χ1) is 11.3. The molecule has 6 nitrogen and oxygen atoms in total. The molecular weight excluding hydrogens is 361 g/mol. The molecule has 9 heteroatoms. The maximum absolute atomic E-state index is 13.7. The molecule has 2 atom stereocenters. The maximum atomic E-state index is 13.7. The molecule has 0 aromatic heterocycles. The zero-order valence-electron chi connectivity index (χ0n) is 13.1. The summed E-state index contributed by atoms with van der Waals surface area (Å²) >= 11 is 5.58. The Morgan fingerprint density at radius 3 is 2.88 bits per heavy atom. The van der Waals surface area contributed by atoms with Crippen molar-refractivity contribution in [3.63, 3.8) is 0 Å². The largest absolute Gasteiger partial charge is 0.376 e. The lowest BCUT2D eigenvalue weighted by Crippen LogP contribution is -2.40. The van der Waals surface area contributed by atoms with Crippen LogP contribution in [0.2, 0.25) is 5.02 Å². The summed E-state index contributed by atoms with van der Waals surface area (Å²) in [4.78, 5) is 11.3. The average molecular weight is 380 g/mol. The molecule has 0 bridgehead atoms. The van der Waals surface area contributed by atoms with Gasteiger partial charge in [0.05, 0.1) is 12.7 Å². The SMILES string of the molecule is C[C@@H](OC[C@@H]1CCCCO1)C(=O)NS(=O)(=O)c1ccc(Cl)cc1F. The highest BCUT2D eigenvalue weighted by Gasteiger charge is 2.26. The van der Waals surface area contributed by atoms with Gasteiger partial charge in [0.1, 0.15) is 16.8 Å². The molecule has 2 rings (SSSR count). The zero-order chi connectivity index (χ0) is 17.7. The molecule has 134 valence electrons. The summed E-state index contributed by atoms with van der Waals surface area (Å²) in [5.41, 5.74) is 0. The molecule has 24 heavy (non-hydrogen) atoms. The Kier molecular flexibility index (Phi) is 6.56. The Morgan fingerprint density at radius 2 is 2.25 bits per heavy atom. The lowest BCUT2D eigenvalue weighted by Gasteiger charge is -2.23. The van der Waals surface area contributed by atoms with Crippen LogP contribution in [-0.4, -0.2) is 39.7 Å². The normalized spacial score (nSPS) is 19.7. The van der Waals surface area contributed by atoms with Gasteiger partial charge < -0.3 is 9.47 Å². The molecule has 1 N–H and O–H groups in total. The summed E-state index contributed by atoms with van der Waals surface area (Å²) in [7, 11) is -4.34. The number of amides is 1. The van der Waals surface area contributed by atoms with Gasteiger partial charge in [-0.1, -0.05) is 11.6 Å². The molecule has 1 heterocycles. The molecule has 1 aromatic carbocycles. The van der Waals surface area contributed by atoms with Crippen LogP contribution in [0, 0.1) is 5.82 Å². The summed E-state index contributed by atoms with van der Waals surface area (Å²) in [6.45, 7) is 2.27. The number of hydrogen-bond donors (Lipinski definition) is 1. The third kappa shape index (κ3) is 5.14. The number of carbonyl (C=O) groups is 1. The van der Waals surface area contributed by atoms with Gasteiger partial charge >= 0.3 is 0 Å². The van der Waals surface area contributed by atoms with Gasteiger partial charge in [-0.15, -0.1) is 0 Å². The van der Waals surface area contributed by atoms with Crippen LogP contribution in [0.3, 0.4) is 0 Å². The number of rotatable bonds is 6. The number of ether oxygens (including phenoxy) is 2. The molecular formula is C15H19ClFNO5S. The van der Waals surface area contributed by atoms with E-state index in [1.807, 2.05) is 0 Å². The highest BCUT2D eigenvalue weighted by Crippen LogP contribution is 2.19. The summed E-state index contributed by atoms with van der Waals surface area (Å²) < 4.78 is 50.5. The van der Waals surface area contributed by atoms with E-state index in [-0.39, 0.29) is 17.7 Å². The molecule has 1 fully saturated rings. The van der Waals surface area contributed by atoms with E-state index >= 15 is 0 Å². The third-order valence-corrected chi connectivity index (χ3v) is 5.21. The fourth-order valence-electron chi connectivity index (χ4n) is 2.23. The van der Waals surface area contributed by atoms with Crippen molar-refractivity contribution < 1.29 is 27.1 Å². The van der Waals surface area contributed by atoms with E-state index in [0.717, 1.165) is 31.4 Å². The van der Waals surface area contributed by atoms with E-state index in [9.17, 15) is 17.6 Å². The monoisotopic (exact) mass is 379 g/mol. The molecule has 1 aliphatic rings. The number of hydrogen-bond acceptors (Lipinski definition) is 5. The number of carbonyl (C=O) groups excluding carboxylic acids is 1. The second-order valence-electron chi connectivity index (χ2n) is 5.51. The Balaban J connectivity index is 1.94. The second-order valence-corrected chi connectivity index (χ2v) is 7.60. The van der Waals surface area contributed by atoms with Gasteiger partial charge in [-0.05, 0) is 44.4 Å². The standard InChI is InChI=1S/C15H19ClFNO5S/c1-10(23-9-12-4-2-3-7-22-12)15(19)18-24(20,21)14-6-5-11(16)8-13(14)17/h5-6,8,10,12H,2-4,7,9H2,1H3,(H,18,19)/t10-,12+/m1/s1. The Bertz CT molecular complexity index is 691. The Labute approximate surface area is 145 Å². The highest BCUT2D eigenvalue weighted by molar-refractivity contribution is 7.90. The molecule has 1 aliphatic heterocycles. The maximum Gasteiger partial charge on any atom is 0.267 e. The summed E-state index contributed by atoms with van der Waals surface area (Å²) in [6, 6.07) is 3.08. The van der Waals surface area contributed by atoms with Crippen LogP contribution < -0.4 is 4.72 Å². The highest BCUT2D eigenvalue weighted by atomic mass is 35.5. The van der Waals surface area contributed by atoms with Gasteiger partial charge in [0.25, 0.3) is 15.9 Å². The number of nitrogens with one attached hydrogen (secondary N) is 1. The van der Waals surface area contributed by atoms with Crippen molar-refractivity contribution in [1.29, 1.82) is 0 Å². The number of benzene rings is 1. The molecule has 1 amide bonds. The number of halogens is 2. The van der Waals surface area contributed by atoms with Crippen LogP contribution in [0.25, 0.3) is 0 Å². The first-order valence-corrected chi connectivity index (χ1v) is 9.40. The Hall–Kier alpha value is -1.22. The molecule has 0 aliphatic carbocycles. The minimum absolute atomic E-state index is 0.0574. The zero-order valence-corrected chi connectivity index (χ0v) is 14.7. The van der Waals surface area contributed by atoms with Crippen molar-refractivity contribution in [2.75, 3.05) is 13.2 Å². The molecule has 0 saturated carbocycles. The van der Waals surface area contributed by atoms with Crippen LogP contribution in [0.15, 0.2) is 23.1 Å². The van der Waals surface area contributed by atoms with Crippen LogP contribution in [0.1, 0.15) is 26.2 Å². The van der Waals surface area contributed by atoms with E-state index in [2.05, 4.69) is 0 Å². The molecule has 0 spiro atoms. The smallest absolute Gasteiger partial charge is 0.267 e. The minimum Gasteiger partial charge on any atom is -0.376 e. The molecule has 1 aromatic rings. The van der Waals surface area contributed by atoms with Gasteiger partial charge in [-0.2, -0.15) is 0 Å². The van der Waals surface area contributed by atoms with E-state index in [1.165, 1.54) is 13.0 Å². The number of sulfonamides is 1. The fourth-order valence-corrected chi connectivity index (χ4v) is 3.49. The van der Waals surface area contributed by atoms with Crippen molar-refractivity contribution in [3.8, 4) is 0 Å². The average Bonchev–Trinajstić information content (AvgIpc) is 2.52. The third-order valence-electron chi connectivity index (χ3n) is 3.59. The predicted octanol–water partition coefficient (Wildman–Crippen LogP) is 2.26. The minimum atomic E-state index is -4.34. The van der Waals surface area contributed by atoms with E-state index < -0.39 is 32.7 Å². The summed E-state index contributed by atoms with van der Waals surface area (Å²) in [5.74, 6) is -1.91.